The number of aliphatic hydroxyl groups excluding tert-OH is 1. The summed E-state index contributed by atoms with van der Waals surface area (Å²) in [5.41, 5.74) is -0.348. The van der Waals surface area contributed by atoms with E-state index in [4.69, 9.17) is 0 Å². The van der Waals surface area contributed by atoms with Gasteiger partial charge in [-0.1, -0.05) is 0 Å². The second kappa shape index (κ2) is 7.95. The number of hydrogen-bond acceptors (Lipinski definition) is 6. The standard InChI is InChI=1S/C20H20F3N3O5/c21-11-2-1-10-14(15(11)25-7-5-9(6-8-25)16(28)17(22)23)20(31)26(19(10)30)12-3-4-13(27)24-18(12)29/h1-2,9,12,16-17,28H,3-8H2,(H,24,27,29). The van der Waals surface area contributed by atoms with Gasteiger partial charge < -0.3 is 10.0 Å². The van der Waals surface area contributed by atoms with Crippen molar-refractivity contribution < 1.29 is 37.5 Å². The summed E-state index contributed by atoms with van der Waals surface area (Å²) >= 11 is 0. The van der Waals surface area contributed by atoms with E-state index in [9.17, 15) is 37.5 Å². The average Bonchev–Trinajstić information content (AvgIpc) is 2.98. The number of carbonyl (C=O) groups is 4. The molecule has 3 aliphatic heterocycles. The minimum Gasteiger partial charge on any atom is -0.387 e. The highest BCUT2D eigenvalue weighted by Crippen LogP contribution is 2.38. The number of rotatable bonds is 4. The van der Waals surface area contributed by atoms with E-state index in [0.29, 0.717) is 0 Å². The van der Waals surface area contributed by atoms with Gasteiger partial charge in [0.15, 0.2) is 0 Å². The lowest BCUT2D eigenvalue weighted by molar-refractivity contribution is -0.136. The number of nitrogens with zero attached hydrogens (tertiary/aromatic N) is 2. The SMILES string of the molecule is O=C1CCC(N2C(=O)c3ccc(F)c(N4CCC(C(O)C(F)F)CC4)c3C2=O)C(=O)N1. The molecule has 3 heterocycles. The number of carbonyl (C=O) groups excluding carboxylic acids is 4. The Kier molecular flexibility index (Phi) is 5.46. The van der Waals surface area contributed by atoms with E-state index in [1.807, 2.05) is 0 Å². The number of alkyl halides is 2. The van der Waals surface area contributed by atoms with Crippen molar-refractivity contribution in [2.75, 3.05) is 18.0 Å². The normalized spacial score (nSPS) is 23.5. The van der Waals surface area contributed by atoms with Crippen LogP contribution in [0.2, 0.25) is 0 Å². The predicted molar refractivity (Wildman–Crippen MR) is 100 cm³/mol. The number of halogens is 3. The quantitative estimate of drug-likeness (QED) is 0.680. The summed E-state index contributed by atoms with van der Waals surface area (Å²) in [5, 5.41) is 11.7. The van der Waals surface area contributed by atoms with Gasteiger partial charge in [-0.05, 0) is 37.3 Å². The predicted octanol–water partition coefficient (Wildman–Crippen LogP) is 1.07. The van der Waals surface area contributed by atoms with Crippen LogP contribution in [0.15, 0.2) is 12.1 Å². The van der Waals surface area contributed by atoms with E-state index in [1.165, 1.54) is 11.0 Å². The van der Waals surface area contributed by atoms with Crippen LogP contribution in [0.1, 0.15) is 46.4 Å². The minimum atomic E-state index is -2.88. The second-order valence-corrected chi connectivity index (χ2v) is 7.92. The van der Waals surface area contributed by atoms with Crippen LogP contribution in [0.5, 0.6) is 0 Å². The molecule has 2 saturated heterocycles. The molecule has 2 atom stereocenters. The third-order valence-electron chi connectivity index (χ3n) is 6.13. The Morgan fingerprint density at radius 1 is 1.03 bits per heavy atom. The molecule has 2 fully saturated rings. The van der Waals surface area contributed by atoms with Crippen LogP contribution >= 0.6 is 0 Å². The van der Waals surface area contributed by atoms with Crippen LogP contribution < -0.4 is 10.2 Å². The number of benzene rings is 1. The number of nitrogens with one attached hydrogen (secondary N) is 1. The highest BCUT2D eigenvalue weighted by molar-refractivity contribution is 6.25. The summed E-state index contributed by atoms with van der Waals surface area (Å²) in [6.45, 7) is 0.226. The maximum absolute atomic E-state index is 14.8. The Balaban J connectivity index is 1.62. The van der Waals surface area contributed by atoms with Crippen molar-refractivity contribution in [3.05, 3.63) is 29.1 Å². The van der Waals surface area contributed by atoms with Gasteiger partial charge in [-0.25, -0.2) is 13.2 Å². The maximum atomic E-state index is 14.8. The van der Waals surface area contributed by atoms with Gasteiger partial charge in [-0.3, -0.25) is 29.4 Å². The molecule has 4 amide bonds. The molecule has 4 rings (SSSR count). The molecule has 31 heavy (non-hydrogen) atoms. The molecule has 0 aliphatic carbocycles. The zero-order chi connectivity index (χ0) is 22.4. The molecule has 1 aromatic carbocycles. The molecular weight excluding hydrogens is 419 g/mol. The first-order valence-corrected chi connectivity index (χ1v) is 9.96. The van der Waals surface area contributed by atoms with Gasteiger partial charge in [-0.15, -0.1) is 0 Å². The number of aliphatic hydroxyl groups is 1. The Morgan fingerprint density at radius 3 is 2.32 bits per heavy atom. The molecule has 2 N–H and O–H groups in total. The lowest BCUT2D eigenvalue weighted by Crippen LogP contribution is -2.54. The highest BCUT2D eigenvalue weighted by Gasteiger charge is 2.47. The first-order chi connectivity index (χ1) is 14.7. The van der Waals surface area contributed by atoms with E-state index in [-0.39, 0.29) is 55.6 Å². The Bertz CT molecular complexity index is 962. The second-order valence-electron chi connectivity index (χ2n) is 7.92. The molecule has 0 radical (unpaired) electrons. The molecule has 11 heteroatoms. The summed E-state index contributed by atoms with van der Waals surface area (Å²) in [4.78, 5) is 51.8. The van der Waals surface area contributed by atoms with Crippen molar-refractivity contribution in [2.45, 2.75) is 44.3 Å². The van der Waals surface area contributed by atoms with Gasteiger partial charge >= 0.3 is 0 Å². The number of fused-ring (bicyclic) bond motifs is 1. The van der Waals surface area contributed by atoms with Crippen molar-refractivity contribution in [3.8, 4) is 0 Å². The molecule has 1 aromatic rings. The number of imide groups is 2. The van der Waals surface area contributed by atoms with E-state index in [0.717, 1.165) is 11.0 Å². The molecule has 0 bridgehead atoms. The summed E-state index contributed by atoms with van der Waals surface area (Å²) in [6.07, 6.45) is -4.40. The smallest absolute Gasteiger partial charge is 0.264 e. The fraction of sp³-hybridized carbons (Fsp3) is 0.500. The Labute approximate surface area is 175 Å². The van der Waals surface area contributed by atoms with E-state index >= 15 is 0 Å². The molecule has 0 spiro atoms. The fourth-order valence-electron chi connectivity index (χ4n) is 4.49. The lowest BCUT2D eigenvalue weighted by atomic mass is 9.90. The number of piperidine rings is 2. The number of amides is 4. The van der Waals surface area contributed by atoms with Crippen LogP contribution in [0, 0.1) is 11.7 Å². The lowest BCUT2D eigenvalue weighted by Gasteiger charge is -2.36. The summed E-state index contributed by atoms with van der Waals surface area (Å²) in [5.74, 6) is -4.27. The van der Waals surface area contributed by atoms with Crippen LogP contribution in [0.25, 0.3) is 0 Å². The fourth-order valence-corrected chi connectivity index (χ4v) is 4.49. The first-order valence-electron chi connectivity index (χ1n) is 9.96. The summed E-state index contributed by atoms with van der Waals surface area (Å²) < 4.78 is 40.4. The molecule has 166 valence electrons. The maximum Gasteiger partial charge on any atom is 0.264 e. The number of anilines is 1. The minimum absolute atomic E-state index is 0.0230. The van der Waals surface area contributed by atoms with Crippen molar-refractivity contribution in [2.24, 2.45) is 5.92 Å². The van der Waals surface area contributed by atoms with E-state index < -0.39 is 53.9 Å². The summed E-state index contributed by atoms with van der Waals surface area (Å²) in [7, 11) is 0. The van der Waals surface area contributed by atoms with Gasteiger partial charge in [-0.2, -0.15) is 0 Å². The first kappa shape index (κ1) is 21.3. The monoisotopic (exact) mass is 439 g/mol. The Hall–Kier alpha value is -2.95. The van der Waals surface area contributed by atoms with Crippen LogP contribution in [-0.2, 0) is 9.59 Å². The molecule has 0 aromatic heterocycles. The van der Waals surface area contributed by atoms with Crippen LogP contribution in [0.3, 0.4) is 0 Å². The average molecular weight is 439 g/mol. The van der Waals surface area contributed by atoms with Gasteiger partial charge in [0.05, 0.1) is 16.8 Å². The zero-order valence-electron chi connectivity index (χ0n) is 16.3. The van der Waals surface area contributed by atoms with Gasteiger partial charge in [0.2, 0.25) is 11.8 Å². The topological polar surface area (TPSA) is 107 Å². The largest absolute Gasteiger partial charge is 0.387 e. The van der Waals surface area contributed by atoms with Crippen LogP contribution in [0.4, 0.5) is 18.9 Å². The Morgan fingerprint density at radius 2 is 1.71 bits per heavy atom. The zero-order valence-corrected chi connectivity index (χ0v) is 16.3. The summed E-state index contributed by atoms with van der Waals surface area (Å²) in [6, 6.07) is 1.05. The highest BCUT2D eigenvalue weighted by atomic mass is 19.3. The van der Waals surface area contributed by atoms with Gasteiger partial charge in [0, 0.05) is 19.5 Å². The molecule has 2 unspecified atom stereocenters. The van der Waals surface area contributed by atoms with E-state index in [2.05, 4.69) is 5.32 Å². The third kappa shape index (κ3) is 3.56. The molecular formula is C20H20F3N3O5. The van der Waals surface area contributed by atoms with Crippen molar-refractivity contribution >= 4 is 29.3 Å². The molecule has 8 nitrogen and oxygen atoms in total. The van der Waals surface area contributed by atoms with Crippen LogP contribution in [-0.4, -0.2) is 65.3 Å². The van der Waals surface area contributed by atoms with Gasteiger partial charge in [0.25, 0.3) is 18.2 Å². The van der Waals surface area contributed by atoms with Gasteiger partial charge in [0.1, 0.15) is 18.0 Å². The van der Waals surface area contributed by atoms with Crippen molar-refractivity contribution in [3.63, 3.8) is 0 Å². The van der Waals surface area contributed by atoms with E-state index in [1.54, 1.807) is 0 Å². The molecule has 0 saturated carbocycles. The van der Waals surface area contributed by atoms with Crippen molar-refractivity contribution in [1.29, 1.82) is 0 Å². The van der Waals surface area contributed by atoms with Crippen molar-refractivity contribution in [1.82, 2.24) is 10.2 Å². The number of hydrogen-bond donors (Lipinski definition) is 2. The molecule has 3 aliphatic rings. The third-order valence-corrected chi connectivity index (χ3v) is 6.13.